The number of aryl methyl sites for hydroxylation is 1. The maximum atomic E-state index is 13.5. The number of carbonyl (C=O) groups excluding carboxylic acids is 2. The lowest BCUT2D eigenvalue weighted by atomic mass is 10.1. The van der Waals surface area contributed by atoms with Crippen LogP contribution in [-0.4, -0.2) is 49.5 Å². The largest absolute Gasteiger partial charge is 0.416 e. The zero-order valence-electron chi connectivity index (χ0n) is 21.2. The van der Waals surface area contributed by atoms with Crippen LogP contribution >= 0.6 is 0 Å². The van der Waals surface area contributed by atoms with E-state index in [0.717, 1.165) is 29.5 Å². The zero-order valence-corrected chi connectivity index (χ0v) is 22.0. The van der Waals surface area contributed by atoms with E-state index in [2.05, 4.69) is 5.32 Å². The first kappa shape index (κ1) is 29.2. The molecular weight excluding hydrogens is 495 g/mol. The van der Waals surface area contributed by atoms with Gasteiger partial charge in [-0.2, -0.15) is 13.2 Å². The van der Waals surface area contributed by atoms with Crippen LogP contribution in [0.15, 0.2) is 48.5 Å². The standard InChI is InChI=1S/C25H32F3N3O4S/c1-17-10-7-8-11-19(17)15-30(18(2)23(33)29-24(3,4)5)22(32)16-31(36(6,34)35)21-13-9-12-20(14-21)25(26,27)28/h7-14,18H,15-16H2,1-6H3,(H,29,33)/t18-/m1/s1. The Balaban J connectivity index is 2.47. The molecule has 0 bridgehead atoms. The van der Waals surface area contributed by atoms with Crippen LogP contribution in [0.4, 0.5) is 18.9 Å². The number of benzene rings is 2. The van der Waals surface area contributed by atoms with Crippen molar-refractivity contribution in [1.82, 2.24) is 10.2 Å². The molecule has 2 aromatic rings. The number of hydrogen-bond donors (Lipinski definition) is 1. The fourth-order valence-corrected chi connectivity index (χ4v) is 4.32. The van der Waals surface area contributed by atoms with Crippen LogP contribution in [0.5, 0.6) is 0 Å². The summed E-state index contributed by atoms with van der Waals surface area (Å²) in [5.74, 6) is -1.19. The molecule has 2 amide bonds. The summed E-state index contributed by atoms with van der Waals surface area (Å²) in [6.07, 6.45) is -3.89. The highest BCUT2D eigenvalue weighted by Crippen LogP contribution is 2.32. The van der Waals surface area contributed by atoms with Gasteiger partial charge >= 0.3 is 6.18 Å². The maximum Gasteiger partial charge on any atom is 0.416 e. The molecule has 1 atom stereocenters. The van der Waals surface area contributed by atoms with E-state index in [0.29, 0.717) is 10.4 Å². The topological polar surface area (TPSA) is 86.8 Å². The monoisotopic (exact) mass is 527 g/mol. The number of halogens is 3. The van der Waals surface area contributed by atoms with E-state index in [1.54, 1.807) is 32.9 Å². The van der Waals surface area contributed by atoms with Crippen LogP contribution in [0.25, 0.3) is 0 Å². The number of anilines is 1. The molecule has 0 spiro atoms. The number of nitrogens with one attached hydrogen (secondary N) is 1. The fourth-order valence-electron chi connectivity index (χ4n) is 3.48. The van der Waals surface area contributed by atoms with Crippen molar-refractivity contribution in [2.75, 3.05) is 17.1 Å². The number of rotatable bonds is 8. The molecule has 0 saturated heterocycles. The molecule has 2 rings (SSSR count). The van der Waals surface area contributed by atoms with Gasteiger partial charge in [0.2, 0.25) is 21.8 Å². The van der Waals surface area contributed by atoms with Gasteiger partial charge in [-0.05, 0) is 63.9 Å². The average molecular weight is 528 g/mol. The molecule has 0 unspecified atom stereocenters. The zero-order chi connectivity index (χ0) is 27.5. The number of alkyl halides is 3. The molecule has 0 aliphatic rings. The van der Waals surface area contributed by atoms with Crippen molar-refractivity contribution in [1.29, 1.82) is 0 Å². The Morgan fingerprint density at radius 1 is 1.03 bits per heavy atom. The lowest BCUT2D eigenvalue weighted by molar-refractivity contribution is -0.140. The van der Waals surface area contributed by atoms with E-state index >= 15 is 0 Å². The van der Waals surface area contributed by atoms with Gasteiger partial charge in [-0.25, -0.2) is 8.42 Å². The molecule has 0 aliphatic heterocycles. The normalized spacial score (nSPS) is 13.1. The van der Waals surface area contributed by atoms with E-state index in [4.69, 9.17) is 0 Å². The van der Waals surface area contributed by atoms with E-state index in [-0.39, 0.29) is 12.2 Å². The molecule has 198 valence electrons. The van der Waals surface area contributed by atoms with E-state index in [1.165, 1.54) is 17.9 Å². The number of carbonyl (C=O) groups is 2. The number of nitrogens with zero attached hydrogens (tertiary/aromatic N) is 2. The third kappa shape index (κ3) is 7.97. The summed E-state index contributed by atoms with van der Waals surface area (Å²) in [4.78, 5) is 27.7. The van der Waals surface area contributed by atoms with E-state index < -0.39 is 51.7 Å². The minimum absolute atomic E-state index is 0.00439. The van der Waals surface area contributed by atoms with Crippen molar-refractivity contribution in [2.45, 2.75) is 58.9 Å². The first-order valence-corrected chi connectivity index (χ1v) is 13.1. The van der Waals surface area contributed by atoms with Crippen LogP contribution < -0.4 is 9.62 Å². The number of hydrogen-bond acceptors (Lipinski definition) is 4. The second kappa shape index (κ2) is 10.9. The van der Waals surface area contributed by atoms with Gasteiger partial charge in [-0.1, -0.05) is 30.3 Å². The molecule has 0 fully saturated rings. The third-order valence-electron chi connectivity index (χ3n) is 5.41. The second-order valence-electron chi connectivity index (χ2n) is 9.68. The SMILES string of the molecule is Cc1ccccc1CN(C(=O)CN(c1cccc(C(F)(F)F)c1)S(C)(=O)=O)[C@H](C)C(=O)NC(C)(C)C. The Hall–Kier alpha value is -3.08. The van der Waals surface area contributed by atoms with Crippen LogP contribution in [-0.2, 0) is 32.3 Å². The van der Waals surface area contributed by atoms with Crippen molar-refractivity contribution in [3.8, 4) is 0 Å². The Bertz CT molecular complexity index is 1210. The highest BCUT2D eigenvalue weighted by molar-refractivity contribution is 7.92. The first-order chi connectivity index (χ1) is 16.4. The second-order valence-corrected chi connectivity index (χ2v) is 11.6. The van der Waals surface area contributed by atoms with Gasteiger partial charge in [0.05, 0.1) is 17.5 Å². The maximum absolute atomic E-state index is 13.5. The molecule has 0 saturated carbocycles. The lowest BCUT2D eigenvalue weighted by Gasteiger charge is -2.33. The molecule has 0 heterocycles. The Labute approximate surface area is 210 Å². The van der Waals surface area contributed by atoms with Gasteiger partial charge in [0.1, 0.15) is 12.6 Å². The van der Waals surface area contributed by atoms with Crippen LogP contribution in [0.1, 0.15) is 44.4 Å². The fraction of sp³-hybridized carbons (Fsp3) is 0.440. The van der Waals surface area contributed by atoms with Crippen LogP contribution in [0, 0.1) is 6.92 Å². The van der Waals surface area contributed by atoms with Gasteiger partial charge in [0.25, 0.3) is 0 Å². The molecule has 1 N–H and O–H groups in total. The van der Waals surface area contributed by atoms with Gasteiger partial charge in [0, 0.05) is 12.1 Å². The molecule has 0 aliphatic carbocycles. The quantitative estimate of drug-likeness (QED) is 0.560. The van der Waals surface area contributed by atoms with Crippen molar-refractivity contribution >= 4 is 27.5 Å². The molecular formula is C25H32F3N3O4S. The Morgan fingerprint density at radius 2 is 1.64 bits per heavy atom. The minimum atomic E-state index is -4.69. The lowest BCUT2D eigenvalue weighted by Crippen LogP contribution is -2.54. The third-order valence-corrected chi connectivity index (χ3v) is 6.55. The van der Waals surface area contributed by atoms with Crippen molar-refractivity contribution in [2.24, 2.45) is 0 Å². The van der Waals surface area contributed by atoms with Crippen molar-refractivity contribution in [3.63, 3.8) is 0 Å². The Morgan fingerprint density at radius 3 is 2.17 bits per heavy atom. The number of amides is 2. The summed E-state index contributed by atoms with van der Waals surface area (Å²) >= 11 is 0. The van der Waals surface area contributed by atoms with Gasteiger partial charge in [-0.15, -0.1) is 0 Å². The summed E-state index contributed by atoms with van der Waals surface area (Å²) in [5.41, 5.74) is -0.332. The van der Waals surface area contributed by atoms with Crippen LogP contribution in [0.3, 0.4) is 0 Å². The van der Waals surface area contributed by atoms with Gasteiger partial charge in [0.15, 0.2) is 0 Å². The van der Waals surface area contributed by atoms with Crippen molar-refractivity contribution in [3.05, 3.63) is 65.2 Å². The highest BCUT2D eigenvalue weighted by atomic mass is 32.2. The predicted octanol–water partition coefficient (Wildman–Crippen LogP) is 4.11. The van der Waals surface area contributed by atoms with Crippen molar-refractivity contribution < 1.29 is 31.2 Å². The summed E-state index contributed by atoms with van der Waals surface area (Å²) in [6.45, 7) is 7.93. The summed E-state index contributed by atoms with van der Waals surface area (Å²) in [6, 6.07) is 9.98. The van der Waals surface area contributed by atoms with Crippen LogP contribution in [0.2, 0.25) is 0 Å². The Kier molecular flexibility index (Phi) is 8.82. The molecule has 2 aromatic carbocycles. The summed E-state index contributed by atoms with van der Waals surface area (Å²) < 4.78 is 65.4. The predicted molar refractivity (Wildman–Crippen MR) is 133 cm³/mol. The van der Waals surface area contributed by atoms with Gasteiger partial charge < -0.3 is 10.2 Å². The molecule has 7 nitrogen and oxygen atoms in total. The smallest absolute Gasteiger partial charge is 0.350 e. The first-order valence-electron chi connectivity index (χ1n) is 11.2. The van der Waals surface area contributed by atoms with E-state index in [9.17, 15) is 31.2 Å². The molecule has 11 heteroatoms. The minimum Gasteiger partial charge on any atom is -0.350 e. The number of sulfonamides is 1. The molecule has 36 heavy (non-hydrogen) atoms. The van der Waals surface area contributed by atoms with Gasteiger partial charge in [-0.3, -0.25) is 13.9 Å². The highest BCUT2D eigenvalue weighted by Gasteiger charge is 2.34. The average Bonchev–Trinajstić information content (AvgIpc) is 2.73. The molecule has 0 radical (unpaired) electrons. The van der Waals surface area contributed by atoms with E-state index in [1.807, 2.05) is 19.1 Å². The summed E-state index contributed by atoms with van der Waals surface area (Å²) in [7, 11) is -4.15. The summed E-state index contributed by atoms with van der Waals surface area (Å²) in [5, 5.41) is 2.80. The molecule has 0 aromatic heterocycles.